The molecule has 1 amide bonds. The minimum absolute atomic E-state index is 0.0599. The summed E-state index contributed by atoms with van der Waals surface area (Å²) in [5.74, 6) is 0.502. The first-order valence-electron chi connectivity index (χ1n) is 10.2. The van der Waals surface area contributed by atoms with Crippen LogP contribution >= 0.6 is 0 Å². The zero-order valence-electron chi connectivity index (χ0n) is 17.4. The molecule has 0 bridgehead atoms. The molecule has 7 nitrogen and oxygen atoms in total. The van der Waals surface area contributed by atoms with Gasteiger partial charge in [0.15, 0.2) is 0 Å². The predicted molar refractivity (Wildman–Crippen MR) is 113 cm³/mol. The van der Waals surface area contributed by atoms with Crippen LogP contribution in [0.5, 0.6) is 0 Å². The van der Waals surface area contributed by atoms with Gasteiger partial charge in [0, 0.05) is 17.8 Å². The van der Waals surface area contributed by atoms with Gasteiger partial charge in [0.25, 0.3) is 5.56 Å². The van der Waals surface area contributed by atoms with Gasteiger partial charge in [-0.05, 0) is 51.3 Å². The van der Waals surface area contributed by atoms with Crippen LogP contribution in [0.25, 0.3) is 0 Å². The molecule has 1 atom stereocenters. The standard InChI is InChI=1S/C22H30N4O3/c1-14-4-6-17(7-5-14)19(26-10-8-15(2)9-11-26)13-23-20(27)12-18-16(3)24-22(29)25-21(18)28/h4-7,15,19H,8-13H2,1-3H3,(H,23,27)(H2,24,25,28,29). The molecule has 1 unspecified atom stereocenters. The van der Waals surface area contributed by atoms with Crippen molar-refractivity contribution in [2.75, 3.05) is 19.6 Å². The van der Waals surface area contributed by atoms with Gasteiger partial charge in [-0.1, -0.05) is 36.8 Å². The van der Waals surface area contributed by atoms with Crippen LogP contribution in [-0.2, 0) is 11.2 Å². The van der Waals surface area contributed by atoms with E-state index in [2.05, 4.69) is 58.3 Å². The SMILES string of the molecule is Cc1ccc(C(CNC(=O)Cc2c(C)[nH]c(=O)[nH]c2=O)N2CCC(C)CC2)cc1. The van der Waals surface area contributed by atoms with Crippen LogP contribution in [0.2, 0.25) is 0 Å². The van der Waals surface area contributed by atoms with Gasteiger partial charge in [-0.2, -0.15) is 0 Å². The summed E-state index contributed by atoms with van der Waals surface area (Å²) in [5, 5.41) is 3.00. The lowest BCUT2D eigenvalue weighted by Gasteiger charge is -2.37. The van der Waals surface area contributed by atoms with Crippen molar-refractivity contribution in [2.24, 2.45) is 5.92 Å². The molecule has 156 valence electrons. The monoisotopic (exact) mass is 398 g/mol. The number of carbonyl (C=O) groups is 1. The summed E-state index contributed by atoms with van der Waals surface area (Å²) in [6.45, 7) is 8.47. The Bertz CT molecular complexity index is 953. The lowest BCUT2D eigenvalue weighted by atomic mass is 9.95. The summed E-state index contributed by atoms with van der Waals surface area (Å²) in [5.41, 5.74) is 2.03. The fourth-order valence-corrected chi connectivity index (χ4v) is 3.86. The van der Waals surface area contributed by atoms with Gasteiger partial charge in [0.1, 0.15) is 0 Å². The first-order valence-corrected chi connectivity index (χ1v) is 10.2. The first kappa shape index (κ1) is 21.0. The number of aromatic amines is 2. The number of benzene rings is 1. The number of rotatable bonds is 6. The summed E-state index contributed by atoms with van der Waals surface area (Å²) in [6, 6.07) is 8.55. The zero-order chi connectivity index (χ0) is 21.0. The largest absolute Gasteiger partial charge is 0.354 e. The van der Waals surface area contributed by atoms with Crippen LogP contribution in [0.15, 0.2) is 33.9 Å². The first-order chi connectivity index (χ1) is 13.8. The van der Waals surface area contributed by atoms with E-state index >= 15 is 0 Å². The molecule has 1 saturated heterocycles. The third-order valence-corrected chi connectivity index (χ3v) is 5.81. The smallest absolute Gasteiger partial charge is 0.325 e. The Morgan fingerprint density at radius 1 is 1.14 bits per heavy atom. The minimum atomic E-state index is -0.560. The molecule has 3 N–H and O–H groups in total. The van der Waals surface area contributed by atoms with Gasteiger partial charge >= 0.3 is 5.69 Å². The Balaban J connectivity index is 1.71. The van der Waals surface area contributed by atoms with Crippen LogP contribution in [0.3, 0.4) is 0 Å². The summed E-state index contributed by atoms with van der Waals surface area (Å²) in [7, 11) is 0. The Morgan fingerprint density at radius 2 is 1.79 bits per heavy atom. The van der Waals surface area contributed by atoms with Crippen molar-refractivity contribution < 1.29 is 4.79 Å². The molecule has 2 heterocycles. The number of amides is 1. The number of hydrogen-bond acceptors (Lipinski definition) is 4. The lowest BCUT2D eigenvalue weighted by Crippen LogP contribution is -2.42. The number of nitrogens with zero attached hydrogens (tertiary/aromatic N) is 1. The van der Waals surface area contributed by atoms with Gasteiger partial charge in [0.2, 0.25) is 5.91 Å². The van der Waals surface area contributed by atoms with Crippen molar-refractivity contribution in [2.45, 2.75) is 46.1 Å². The molecule has 3 rings (SSSR count). The number of nitrogens with one attached hydrogen (secondary N) is 3. The second-order valence-corrected chi connectivity index (χ2v) is 8.14. The topological polar surface area (TPSA) is 98.1 Å². The number of H-pyrrole nitrogens is 2. The van der Waals surface area contributed by atoms with Crippen molar-refractivity contribution >= 4 is 5.91 Å². The molecule has 0 radical (unpaired) electrons. The van der Waals surface area contributed by atoms with Gasteiger partial charge in [-0.15, -0.1) is 0 Å². The van der Waals surface area contributed by atoms with E-state index in [4.69, 9.17) is 0 Å². The molecule has 1 aromatic heterocycles. The van der Waals surface area contributed by atoms with E-state index in [1.807, 2.05) is 0 Å². The summed E-state index contributed by atoms with van der Waals surface area (Å²) < 4.78 is 0. The Labute approximate surface area is 170 Å². The highest BCUT2D eigenvalue weighted by atomic mass is 16.2. The Morgan fingerprint density at radius 3 is 2.41 bits per heavy atom. The third-order valence-electron chi connectivity index (χ3n) is 5.81. The van der Waals surface area contributed by atoms with Gasteiger partial charge in [-0.3, -0.25) is 19.5 Å². The summed E-state index contributed by atoms with van der Waals surface area (Å²) >= 11 is 0. The number of hydrogen-bond donors (Lipinski definition) is 3. The van der Waals surface area contributed by atoms with Crippen LogP contribution in [0.4, 0.5) is 0 Å². The van der Waals surface area contributed by atoms with E-state index in [0.717, 1.165) is 31.8 Å². The normalized spacial score (nSPS) is 16.5. The molecule has 7 heteroatoms. The minimum Gasteiger partial charge on any atom is -0.354 e. The third kappa shape index (κ3) is 5.44. The fourth-order valence-electron chi connectivity index (χ4n) is 3.86. The van der Waals surface area contributed by atoms with E-state index in [0.29, 0.717) is 17.8 Å². The predicted octanol–water partition coefficient (Wildman–Crippen LogP) is 1.81. The molecule has 1 aliphatic rings. The van der Waals surface area contributed by atoms with E-state index in [1.165, 1.54) is 11.1 Å². The van der Waals surface area contributed by atoms with Crippen molar-refractivity contribution in [1.82, 2.24) is 20.2 Å². The molecule has 29 heavy (non-hydrogen) atoms. The van der Waals surface area contributed by atoms with E-state index < -0.39 is 11.2 Å². The number of likely N-dealkylation sites (tertiary alicyclic amines) is 1. The second kappa shape index (κ2) is 9.22. The van der Waals surface area contributed by atoms with Crippen LogP contribution in [-0.4, -0.2) is 40.4 Å². The number of piperidine rings is 1. The molecule has 1 aromatic carbocycles. The highest BCUT2D eigenvalue weighted by Gasteiger charge is 2.25. The highest BCUT2D eigenvalue weighted by molar-refractivity contribution is 5.78. The van der Waals surface area contributed by atoms with Crippen LogP contribution in [0.1, 0.15) is 48.2 Å². The summed E-state index contributed by atoms with van der Waals surface area (Å²) in [6.07, 6.45) is 2.25. The maximum atomic E-state index is 12.6. The number of aromatic nitrogens is 2. The average Bonchev–Trinajstić information content (AvgIpc) is 2.67. The molecular weight excluding hydrogens is 368 g/mol. The number of carbonyl (C=O) groups excluding carboxylic acids is 1. The van der Waals surface area contributed by atoms with Gasteiger partial charge in [-0.25, -0.2) is 4.79 Å². The van der Waals surface area contributed by atoms with Gasteiger partial charge < -0.3 is 10.3 Å². The Hall–Kier alpha value is -2.67. The highest BCUT2D eigenvalue weighted by Crippen LogP contribution is 2.26. The molecule has 1 aliphatic heterocycles. The maximum Gasteiger partial charge on any atom is 0.325 e. The second-order valence-electron chi connectivity index (χ2n) is 8.14. The summed E-state index contributed by atoms with van der Waals surface area (Å²) in [4.78, 5) is 43.0. The zero-order valence-corrected chi connectivity index (χ0v) is 17.4. The average molecular weight is 399 g/mol. The van der Waals surface area contributed by atoms with Crippen molar-refractivity contribution in [1.29, 1.82) is 0 Å². The van der Waals surface area contributed by atoms with Crippen molar-refractivity contribution in [3.63, 3.8) is 0 Å². The van der Waals surface area contributed by atoms with Gasteiger partial charge in [0.05, 0.1) is 12.5 Å². The Kier molecular flexibility index (Phi) is 6.69. The molecule has 0 spiro atoms. The quantitative estimate of drug-likeness (QED) is 0.691. The van der Waals surface area contributed by atoms with E-state index in [-0.39, 0.29) is 18.4 Å². The van der Waals surface area contributed by atoms with Crippen LogP contribution in [0, 0.1) is 19.8 Å². The van der Waals surface area contributed by atoms with Crippen LogP contribution < -0.4 is 16.6 Å². The fraction of sp³-hybridized carbons (Fsp3) is 0.500. The van der Waals surface area contributed by atoms with Crippen molar-refractivity contribution in [3.8, 4) is 0 Å². The van der Waals surface area contributed by atoms with E-state index in [9.17, 15) is 14.4 Å². The molecule has 2 aromatic rings. The molecule has 0 aliphatic carbocycles. The molecular formula is C22H30N4O3. The lowest BCUT2D eigenvalue weighted by molar-refractivity contribution is -0.120. The van der Waals surface area contributed by atoms with Crippen molar-refractivity contribution in [3.05, 3.63) is 67.5 Å². The maximum absolute atomic E-state index is 12.6. The number of aryl methyl sites for hydroxylation is 2. The van der Waals surface area contributed by atoms with E-state index in [1.54, 1.807) is 6.92 Å². The molecule has 0 saturated carbocycles. The molecule has 1 fully saturated rings.